The van der Waals surface area contributed by atoms with E-state index in [1.165, 1.54) is 0 Å². The summed E-state index contributed by atoms with van der Waals surface area (Å²) in [5.41, 5.74) is 13.1. The number of rotatable bonds is 29. The van der Waals surface area contributed by atoms with Crippen molar-refractivity contribution in [1.29, 1.82) is 0 Å². The largest absolute Gasteiger partial charge is 0.491 e. The zero-order valence-corrected chi connectivity index (χ0v) is 32.6. The fourth-order valence-corrected chi connectivity index (χ4v) is 6.05. The summed E-state index contributed by atoms with van der Waals surface area (Å²) in [6.07, 6.45) is 4.23. The Morgan fingerprint density at radius 3 is 2.11 bits per heavy atom. The molecule has 14 nitrogen and oxygen atoms in total. The van der Waals surface area contributed by atoms with Crippen molar-refractivity contribution >= 4 is 28.4 Å². The minimum atomic E-state index is -0.988. The number of aryl methyl sites for hydroxylation is 2. The lowest BCUT2D eigenvalue weighted by molar-refractivity contribution is -0.137. The number of carboxylic acid groups (broad SMARTS) is 1. The van der Waals surface area contributed by atoms with E-state index < -0.39 is 11.9 Å². The molecule has 0 radical (unpaired) electrons. The van der Waals surface area contributed by atoms with Gasteiger partial charge in [0.1, 0.15) is 12.4 Å². The van der Waals surface area contributed by atoms with E-state index in [1.54, 1.807) is 6.20 Å². The monoisotopic (exact) mass is 783 g/mol. The summed E-state index contributed by atoms with van der Waals surface area (Å²) in [6.45, 7) is 6.08. The van der Waals surface area contributed by atoms with E-state index in [-0.39, 0.29) is 31.1 Å². The summed E-state index contributed by atoms with van der Waals surface area (Å²) < 4.78 is 27.6. The molecule has 57 heavy (non-hydrogen) atoms. The van der Waals surface area contributed by atoms with Crippen LogP contribution in [-0.2, 0) is 39.8 Å². The molecule has 0 fully saturated rings. The fourth-order valence-electron chi connectivity index (χ4n) is 6.05. The van der Waals surface area contributed by atoms with Crippen LogP contribution in [0.4, 0.5) is 0 Å². The van der Waals surface area contributed by atoms with Crippen LogP contribution < -0.4 is 10.1 Å². The lowest BCUT2D eigenvalue weighted by Crippen LogP contribution is -2.30. The Morgan fingerprint density at radius 2 is 1.42 bits per heavy atom. The second-order valence-corrected chi connectivity index (χ2v) is 13.4. The van der Waals surface area contributed by atoms with Gasteiger partial charge in [-0.2, -0.15) is 0 Å². The normalized spacial score (nSPS) is 11.5. The number of Topliss-reactive ketones (excluding diaryl/α,β-unsaturated/α-hetero) is 1. The molecule has 1 atom stereocenters. The van der Waals surface area contributed by atoms with Gasteiger partial charge in [-0.05, 0) is 95.1 Å². The van der Waals surface area contributed by atoms with E-state index in [0.717, 1.165) is 57.3 Å². The van der Waals surface area contributed by atoms with Crippen molar-refractivity contribution in [2.45, 2.75) is 51.4 Å². The van der Waals surface area contributed by atoms with Gasteiger partial charge in [-0.3, -0.25) is 19.4 Å². The van der Waals surface area contributed by atoms with Gasteiger partial charge in [0.25, 0.3) is 0 Å². The molecule has 0 aliphatic rings. The van der Waals surface area contributed by atoms with Gasteiger partial charge in [0.15, 0.2) is 5.78 Å². The van der Waals surface area contributed by atoms with Gasteiger partial charge >= 0.3 is 5.97 Å². The fraction of sp³-hybridized carbons (Fsp3) is 0.442. The number of aliphatic carboxylic acids is 1. The number of unbranched alkanes of at least 4 members (excludes halogenated alkanes) is 1. The van der Waals surface area contributed by atoms with Crippen molar-refractivity contribution in [3.8, 4) is 16.9 Å². The second kappa shape index (κ2) is 25.7. The van der Waals surface area contributed by atoms with Crippen LogP contribution in [0, 0.1) is 6.92 Å². The van der Waals surface area contributed by atoms with Crippen LogP contribution in [0.1, 0.15) is 54.8 Å². The molecule has 4 aromatic rings. The summed E-state index contributed by atoms with van der Waals surface area (Å²) in [4.78, 5) is 43.9. The molecule has 304 valence electrons. The highest BCUT2D eigenvalue weighted by Gasteiger charge is 2.20. The summed E-state index contributed by atoms with van der Waals surface area (Å²) in [6, 6.07) is 23.7. The predicted molar refractivity (Wildman–Crippen MR) is 216 cm³/mol. The highest BCUT2D eigenvalue weighted by molar-refractivity contribution is 5.89. The number of aromatic nitrogens is 1. The Kier molecular flexibility index (Phi) is 20.0. The van der Waals surface area contributed by atoms with Gasteiger partial charge in [-0.15, -0.1) is 0 Å². The molecule has 0 unspecified atom stereocenters. The second-order valence-electron chi connectivity index (χ2n) is 13.4. The zero-order valence-electron chi connectivity index (χ0n) is 32.6. The van der Waals surface area contributed by atoms with E-state index in [9.17, 15) is 19.5 Å². The van der Waals surface area contributed by atoms with Gasteiger partial charge in [0.05, 0.1) is 65.8 Å². The Balaban J connectivity index is 1.14. The van der Waals surface area contributed by atoms with Gasteiger partial charge in [-0.1, -0.05) is 47.6 Å². The SMILES string of the molecule is Cc1ccnc(CCCCC(=O)NCC(=O)C[C@@H](CC(=O)O)c2ccc(-c3ccc4cc(OCCOCCOCCOCCOCCN=[N+]=[N-])ccc4c3)cc2)c1. The third kappa shape index (κ3) is 17.5. The molecule has 2 N–H and O–H groups in total. The highest BCUT2D eigenvalue weighted by Crippen LogP contribution is 2.30. The molecule has 14 heteroatoms. The molecule has 1 aromatic heterocycles. The van der Waals surface area contributed by atoms with Crippen LogP contribution in [0.15, 0.2) is 84.1 Å². The molecule has 0 bridgehead atoms. The maximum absolute atomic E-state index is 12.8. The Hall–Kier alpha value is -5.37. The van der Waals surface area contributed by atoms with Crippen molar-refractivity contribution in [2.24, 2.45) is 5.11 Å². The standard InChI is InChI=1S/C43H53N5O9/c1-32-14-15-45-39(26-32)4-2-3-5-42(50)46-31-40(49)28-38(30-43(51)52)34-8-6-33(7-9-34)35-10-11-37-29-41(13-12-36(37)27-35)57-25-24-56-23-22-55-21-20-54-19-18-53-17-16-47-48-44/h6-15,26-27,29,38H,2-5,16-25,28,30-31H2,1H3,(H,46,50)(H,51,52)/t38-/m0/s1. The summed E-state index contributed by atoms with van der Waals surface area (Å²) in [7, 11) is 0. The minimum Gasteiger partial charge on any atom is -0.491 e. The van der Waals surface area contributed by atoms with Crippen LogP contribution >= 0.6 is 0 Å². The van der Waals surface area contributed by atoms with E-state index in [4.69, 9.17) is 29.2 Å². The number of pyridine rings is 1. The quantitative estimate of drug-likeness (QED) is 0.0251. The minimum absolute atomic E-state index is 0.0176. The van der Waals surface area contributed by atoms with E-state index in [2.05, 4.69) is 26.4 Å². The number of hydrogen-bond acceptors (Lipinski definition) is 10. The molecule has 0 aliphatic carbocycles. The molecular weight excluding hydrogens is 730 g/mol. The van der Waals surface area contributed by atoms with Crippen LogP contribution in [0.5, 0.6) is 5.75 Å². The van der Waals surface area contributed by atoms with Gasteiger partial charge in [-0.25, -0.2) is 0 Å². The molecule has 0 saturated carbocycles. The number of amides is 1. The first kappa shape index (κ1) is 44.3. The van der Waals surface area contributed by atoms with Crippen molar-refractivity contribution in [1.82, 2.24) is 10.3 Å². The Morgan fingerprint density at radius 1 is 0.772 bits per heavy atom. The number of carbonyl (C=O) groups excluding carboxylic acids is 2. The summed E-state index contributed by atoms with van der Waals surface area (Å²) in [5.74, 6) is -1.16. The molecule has 1 heterocycles. The molecule has 0 aliphatic heterocycles. The van der Waals surface area contributed by atoms with Crippen molar-refractivity contribution < 1.29 is 43.2 Å². The third-order valence-corrected chi connectivity index (χ3v) is 8.98. The van der Waals surface area contributed by atoms with Crippen molar-refractivity contribution in [2.75, 3.05) is 72.6 Å². The van der Waals surface area contributed by atoms with Crippen LogP contribution in [0.25, 0.3) is 32.3 Å². The van der Waals surface area contributed by atoms with Crippen LogP contribution in [0.3, 0.4) is 0 Å². The number of ether oxygens (including phenoxy) is 5. The Labute approximate surface area is 333 Å². The number of hydrogen-bond donors (Lipinski definition) is 2. The van der Waals surface area contributed by atoms with Crippen LogP contribution in [0.2, 0.25) is 0 Å². The van der Waals surface area contributed by atoms with E-state index >= 15 is 0 Å². The number of carbonyl (C=O) groups is 3. The number of carboxylic acids is 1. The molecule has 0 spiro atoms. The molecular formula is C43H53N5O9. The first-order valence-electron chi connectivity index (χ1n) is 19.3. The Bertz CT molecular complexity index is 1900. The van der Waals surface area contributed by atoms with Gasteiger partial charge in [0, 0.05) is 42.1 Å². The molecule has 0 saturated heterocycles. The van der Waals surface area contributed by atoms with Crippen molar-refractivity contribution in [3.63, 3.8) is 0 Å². The summed E-state index contributed by atoms with van der Waals surface area (Å²) in [5, 5.41) is 17.7. The molecule has 1 amide bonds. The summed E-state index contributed by atoms with van der Waals surface area (Å²) >= 11 is 0. The number of azide groups is 1. The van der Waals surface area contributed by atoms with Crippen LogP contribution in [-0.4, -0.2) is 100 Å². The average molecular weight is 784 g/mol. The number of ketones is 1. The number of benzene rings is 3. The lowest BCUT2D eigenvalue weighted by Gasteiger charge is -2.16. The number of fused-ring (bicyclic) bond motifs is 1. The predicted octanol–water partition coefficient (Wildman–Crippen LogP) is 7.01. The molecule has 3 aromatic carbocycles. The highest BCUT2D eigenvalue weighted by atomic mass is 16.6. The van der Waals surface area contributed by atoms with E-state index in [1.807, 2.05) is 73.7 Å². The maximum Gasteiger partial charge on any atom is 0.303 e. The van der Waals surface area contributed by atoms with Gasteiger partial charge < -0.3 is 34.1 Å². The van der Waals surface area contributed by atoms with E-state index in [0.29, 0.717) is 78.8 Å². The third-order valence-electron chi connectivity index (χ3n) is 8.98. The maximum atomic E-state index is 12.8. The molecule has 4 rings (SSSR count). The topological polar surface area (TPSA) is 191 Å². The number of nitrogens with zero attached hydrogens (tertiary/aromatic N) is 4. The van der Waals surface area contributed by atoms with Gasteiger partial charge in [0.2, 0.25) is 5.91 Å². The van der Waals surface area contributed by atoms with Crippen molar-refractivity contribution in [3.05, 3.63) is 106 Å². The lowest BCUT2D eigenvalue weighted by atomic mass is 9.89. The first-order valence-corrected chi connectivity index (χ1v) is 19.3. The smallest absolute Gasteiger partial charge is 0.303 e. The first-order chi connectivity index (χ1) is 27.8. The number of nitrogens with one attached hydrogen (secondary N) is 1. The zero-order chi connectivity index (χ0) is 40.5. The average Bonchev–Trinajstić information content (AvgIpc) is 3.21.